The average Bonchev–Trinajstić information content (AvgIpc) is 2.91. The number of nitrogens with zero attached hydrogens (tertiary/aromatic N) is 3. The van der Waals surface area contributed by atoms with Crippen LogP contribution in [0.25, 0.3) is 11.2 Å². The zero-order valence-corrected chi connectivity index (χ0v) is 13.4. The van der Waals surface area contributed by atoms with E-state index in [1.807, 2.05) is 6.92 Å². The summed E-state index contributed by atoms with van der Waals surface area (Å²) in [5.74, 6) is 0. The van der Waals surface area contributed by atoms with E-state index in [4.69, 9.17) is 12.2 Å². The molecule has 2 aromatic rings. The molecule has 0 saturated carbocycles. The number of H-pyrrole nitrogens is 1. The first-order chi connectivity index (χ1) is 9.04. The first kappa shape index (κ1) is 14.3. The molecule has 0 fully saturated rings. The molecule has 0 atom stereocenters. The van der Waals surface area contributed by atoms with Crippen molar-refractivity contribution in [2.75, 3.05) is 0 Å². The van der Waals surface area contributed by atoms with Crippen LogP contribution in [0.5, 0.6) is 0 Å². The third kappa shape index (κ3) is 1.95. The summed E-state index contributed by atoms with van der Waals surface area (Å²) in [6.07, 6.45) is 3.24. The molecule has 0 saturated heterocycles. The smallest absolute Gasteiger partial charge is 0.179 e. The van der Waals surface area contributed by atoms with Crippen LogP contribution in [0.4, 0.5) is 0 Å². The van der Waals surface area contributed by atoms with Crippen LogP contribution in [-0.2, 0) is 12.1 Å². The maximum absolute atomic E-state index is 5.59. The molecule has 0 aliphatic heterocycles. The van der Waals surface area contributed by atoms with Crippen molar-refractivity contribution in [3.05, 3.63) is 10.5 Å². The van der Waals surface area contributed by atoms with Crippen molar-refractivity contribution in [1.82, 2.24) is 19.3 Å². The Bertz CT molecular complexity index is 619. The van der Waals surface area contributed by atoms with Crippen molar-refractivity contribution in [3.63, 3.8) is 0 Å². The highest BCUT2D eigenvalue weighted by atomic mass is 32.1. The molecule has 0 spiro atoms. The van der Waals surface area contributed by atoms with Gasteiger partial charge < -0.3 is 4.98 Å². The molecule has 2 aromatic heterocycles. The maximum atomic E-state index is 5.59. The zero-order chi connectivity index (χ0) is 14.2. The second kappa shape index (κ2) is 5.12. The van der Waals surface area contributed by atoms with Gasteiger partial charge in [-0.1, -0.05) is 20.8 Å². The predicted molar refractivity (Wildman–Crippen MR) is 82.2 cm³/mol. The summed E-state index contributed by atoms with van der Waals surface area (Å²) in [6.45, 7) is 11.8. The molecule has 0 unspecified atom stereocenters. The van der Waals surface area contributed by atoms with E-state index < -0.39 is 0 Å². The van der Waals surface area contributed by atoms with Crippen LogP contribution in [0.15, 0.2) is 0 Å². The minimum absolute atomic E-state index is 0.0920. The molecular formula is C14H24N4S. The molecule has 0 bridgehead atoms. The monoisotopic (exact) mass is 280 g/mol. The highest BCUT2D eigenvalue weighted by molar-refractivity contribution is 7.71. The van der Waals surface area contributed by atoms with E-state index in [-0.39, 0.29) is 5.54 Å². The number of rotatable bonds is 5. The molecule has 106 valence electrons. The van der Waals surface area contributed by atoms with Gasteiger partial charge in [-0.05, 0) is 45.3 Å². The van der Waals surface area contributed by atoms with E-state index in [0.717, 1.165) is 47.4 Å². The third-order valence-electron chi connectivity index (χ3n) is 4.50. The van der Waals surface area contributed by atoms with Gasteiger partial charge in [0.15, 0.2) is 10.4 Å². The van der Waals surface area contributed by atoms with Gasteiger partial charge in [0.2, 0.25) is 0 Å². The summed E-state index contributed by atoms with van der Waals surface area (Å²) in [6, 6.07) is 0. The normalized spacial score (nSPS) is 12.5. The minimum Gasteiger partial charge on any atom is -0.328 e. The van der Waals surface area contributed by atoms with Gasteiger partial charge in [-0.2, -0.15) is 5.10 Å². The number of hydrogen-bond acceptors (Lipinski definition) is 2. The lowest BCUT2D eigenvalue weighted by molar-refractivity contribution is 0.252. The van der Waals surface area contributed by atoms with Crippen LogP contribution in [-0.4, -0.2) is 19.3 Å². The summed E-state index contributed by atoms with van der Waals surface area (Å²) in [7, 11) is 0. The lowest BCUT2D eigenvalue weighted by atomic mass is 9.89. The van der Waals surface area contributed by atoms with Crippen LogP contribution in [0.1, 0.15) is 52.7 Å². The summed E-state index contributed by atoms with van der Waals surface area (Å²) in [5.41, 5.74) is 3.36. The Hall–Kier alpha value is -1.10. The summed E-state index contributed by atoms with van der Waals surface area (Å²) < 4.78 is 5.19. The first-order valence-electron chi connectivity index (χ1n) is 7.23. The summed E-state index contributed by atoms with van der Waals surface area (Å²) in [4.78, 5) is 3.35. The molecule has 0 aliphatic carbocycles. The topological polar surface area (TPSA) is 38.5 Å². The van der Waals surface area contributed by atoms with E-state index in [9.17, 15) is 0 Å². The molecule has 1 N–H and O–H groups in total. The van der Waals surface area contributed by atoms with Crippen molar-refractivity contribution in [2.45, 2.75) is 66.0 Å². The van der Waals surface area contributed by atoms with Gasteiger partial charge in [0.05, 0.1) is 5.69 Å². The van der Waals surface area contributed by atoms with E-state index in [0.29, 0.717) is 0 Å². The Morgan fingerprint density at radius 1 is 1.16 bits per heavy atom. The second-order valence-corrected chi connectivity index (χ2v) is 5.54. The van der Waals surface area contributed by atoms with Crippen molar-refractivity contribution < 1.29 is 0 Å². The SMILES string of the molecule is CCn1nc(C)c2[nH]c(=S)n(C(CC)(CC)CC)c21. The summed E-state index contributed by atoms with van der Waals surface area (Å²) >= 11 is 5.59. The van der Waals surface area contributed by atoms with Crippen molar-refractivity contribution in [1.29, 1.82) is 0 Å². The Labute approximate surface area is 119 Å². The number of fused-ring (bicyclic) bond motifs is 1. The van der Waals surface area contributed by atoms with Crippen LogP contribution in [0, 0.1) is 11.7 Å². The van der Waals surface area contributed by atoms with Gasteiger partial charge in [0, 0.05) is 12.1 Å². The van der Waals surface area contributed by atoms with Crippen molar-refractivity contribution in [3.8, 4) is 0 Å². The van der Waals surface area contributed by atoms with Gasteiger partial charge in [0.1, 0.15) is 5.52 Å². The highest BCUT2D eigenvalue weighted by Crippen LogP contribution is 2.33. The van der Waals surface area contributed by atoms with Crippen LogP contribution >= 0.6 is 12.2 Å². The highest BCUT2D eigenvalue weighted by Gasteiger charge is 2.30. The van der Waals surface area contributed by atoms with Crippen molar-refractivity contribution >= 4 is 23.4 Å². The number of aryl methyl sites for hydroxylation is 2. The predicted octanol–water partition coefficient (Wildman–Crippen LogP) is 4.15. The van der Waals surface area contributed by atoms with E-state index in [2.05, 4.69) is 47.0 Å². The number of imidazole rings is 1. The Morgan fingerprint density at radius 2 is 1.74 bits per heavy atom. The average molecular weight is 280 g/mol. The van der Waals surface area contributed by atoms with Crippen molar-refractivity contribution in [2.24, 2.45) is 0 Å². The van der Waals surface area contributed by atoms with Gasteiger partial charge in [-0.3, -0.25) is 4.57 Å². The van der Waals surface area contributed by atoms with Crippen LogP contribution < -0.4 is 0 Å². The molecule has 2 heterocycles. The number of aromatic amines is 1. The molecule has 4 nitrogen and oxygen atoms in total. The molecular weight excluding hydrogens is 256 g/mol. The fourth-order valence-electron chi connectivity index (χ4n) is 3.09. The zero-order valence-electron chi connectivity index (χ0n) is 12.6. The minimum atomic E-state index is 0.0920. The number of hydrogen-bond donors (Lipinski definition) is 1. The molecule has 5 heteroatoms. The van der Waals surface area contributed by atoms with E-state index in [1.54, 1.807) is 0 Å². The molecule has 0 amide bonds. The fraction of sp³-hybridized carbons (Fsp3) is 0.714. The lowest BCUT2D eigenvalue weighted by Gasteiger charge is -2.33. The quantitative estimate of drug-likeness (QED) is 0.836. The number of nitrogens with one attached hydrogen (secondary N) is 1. The van der Waals surface area contributed by atoms with Gasteiger partial charge in [-0.15, -0.1) is 0 Å². The van der Waals surface area contributed by atoms with Gasteiger partial charge in [0.25, 0.3) is 0 Å². The molecule has 19 heavy (non-hydrogen) atoms. The van der Waals surface area contributed by atoms with Crippen LogP contribution in [0.2, 0.25) is 0 Å². The Kier molecular flexibility index (Phi) is 3.85. The second-order valence-electron chi connectivity index (χ2n) is 5.15. The lowest BCUT2D eigenvalue weighted by Crippen LogP contribution is -2.32. The maximum Gasteiger partial charge on any atom is 0.179 e. The van der Waals surface area contributed by atoms with E-state index >= 15 is 0 Å². The largest absolute Gasteiger partial charge is 0.328 e. The molecule has 2 rings (SSSR count). The molecule has 0 radical (unpaired) electrons. The molecule has 0 aromatic carbocycles. The van der Waals surface area contributed by atoms with Gasteiger partial charge >= 0.3 is 0 Å². The van der Waals surface area contributed by atoms with Gasteiger partial charge in [-0.25, -0.2) is 4.68 Å². The third-order valence-corrected chi connectivity index (χ3v) is 4.78. The summed E-state index contributed by atoms with van der Waals surface area (Å²) in [5, 5.41) is 4.60. The molecule has 0 aliphatic rings. The fourth-order valence-corrected chi connectivity index (χ4v) is 3.47. The standard InChI is InChI=1S/C14H24N4S/c1-6-14(7-2,8-3)18-12-11(15-13(18)19)10(5)16-17(12)9-4/h6-9H2,1-5H3,(H,15,19). The van der Waals surface area contributed by atoms with E-state index in [1.165, 1.54) is 0 Å². The first-order valence-corrected chi connectivity index (χ1v) is 7.64. The Balaban J connectivity index is 2.85. The Morgan fingerprint density at radius 3 is 2.21 bits per heavy atom. The number of aromatic nitrogens is 4. The van der Waals surface area contributed by atoms with Crippen LogP contribution in [0.3, 0.4) is 0 Å².